The zero-order valence-corrected chi connectivity index (χ0v) is 25.4. The van der Waals surface area contributed by atoms with E-state index in [0.717, 1.165) is 49.0 Å². The highest BCUT2D eigenvalue weighted by Gasteiger charge is 2.34. The first-order valence-corrected chi connectivity index (χ1v) is 15.1. The van der Waals surface area contributed by atoms with Crippen LogP contribution < -0.4 is 10.1 Å². The Hall–Kier alpha value is -3.89. The molecule has 0 bridgehead atoms. The fraction of sp³-hybridized carbons (Fsp3) is 0.485. The molecule has 2 aromatic heterocycles. The predicted molar refractivity (Wildman–Crippen MR) is 165 cm³/mol. The number of piperidine rings is 1. The van der Waals surface area contributed by atoms with Crippen LogP contribution in [0.4, 0.5) is 0 Å². The number of benzene rings is 1. The lowest BCUT2D eigenvalue weighted by molar-refractivity contribution is -0.119. The Morgan fingerprint density at radius 1 is 1.14 bits per heavy atom. The molecule has 230 valence electrons. The lowest BCUT2D eigenvalue weighted by Gasteiger charge is -2.36. The van der Waals surface area contributed by atoms with Crippen LogP contribution >= 0.6 is 0 Å². The van der Waals surface area contributed by atoms with Gasteiger partial charge in [0.05, 0.1) is 30.2 Å². The van der Waals surface area contributed by atoms with E-state index in [-0.39, 0.29) is 17.9 Å². The maximum absolute atomic E-state index is 13.2. The van der Waals surface area contributed by atoms with Gasteiger partial charge in [0.1, 0.15) is 17.6 Å². The van der Waals surface area contributed by atoms with Crippen molar-refractivity contribution in [3.63, 3.8) is 0 Å². The largest absolute Gasteiger partial charge is 0.496 e. The van der Waals surface area contributed by atoms with Crippen molar-refractivity contribution < 1.29 is 23.8 Å². The topological polar surface area (TPSA) is 142 Å². The second-order valence-electron chi connectivity index (χ2n) is 11.4. The molecule has 10 heteroatoms. The molecule has 4 rings (SSSR count). The van der Waals surface area contributed by atoms with Gasteiger partial charge in [0.25, 0.3) is 5.91 Å². The Morgan fingerprint density at radius 3 is 2.58 bits per heavy atom. The van der Waals surface area contributed by atoms with E-state index in [4.69, 9.17) is 14.6 Å². The summed E-state index contributed by atoms with van der Waals surface area (Å²) in [6.07, 6.45) is 10.1. The maximum atomic E-state index is 13.2. The number of nitrogens with zero attached hydrogens (tertiary/aromatic N) is 3. The van der Waals surface area contributed by atoms with Crippen LogP contribution in [0.15, 0.2) is 53.3 Å². The van der Waals surface area contributed by atoms with Crippen molar-refractivity contribution in [2.45, 2.75) is 76.4 Å². The number of Topliss-reactive ketones (excluding diaryl/α,β-unsaturated/α-hetero) is 1. The molecule has 3 heterocycles. The molecule has 43 heavy (non-hydrogen) atoms. The van der Waals surface area contributed by atoms with Crippen molar-refractivity contribution in [2.75, 3.05) is 27.2 Å². The molecule has 3 aromatic rings. The monoisotopic (exact) mass is 589 g/mol. The van der Waals surface area contributed by atoms with Crippen LogP contribution in [-0.4, -0.2) is 70.2 Å². The van der Waals surface area contributed by atoms with Gasteiger partial charge in [0, 0.05) is 44.7 Å². The fourth-order valence-corrected chi connectivity index (χ4v) is 5.34. The average Bonchev–Trinajstić information content (AvgIpc) is 3.51. The number of likely N-dealkylation sites (tertiary alicyclic amines) is 1. The first kappa shape index (κ1) is 32.0. The minimum atomic E-state index is -1.06. The average molecular weight is 590 g/mol. The molecule has 0 aliphatic carbocycles. The zero-order valence-electron chi connectivity index (χ0n) is 25.4. The lowest BCUT2D eigenvalue weighted by Crippen LogP contribution is -2.46. The number of methoxy groups -OCH3 is 1. The minimum absolute atomic E-state index is 0.00359. The lowest BCUT2D eigenvalue weighted by atomic mass is 9.86. The molecule has 10 nitrogen and oxygen atoms in total. The van der Waals surface area contributed by atoms with Crippen molar-refractivity contribution in [2.24, 2.45) is 0 Å². The molecule has 3 N–H and O–H groups in total. The number of aliphatic hydroxyl groups is 1. The van der Waals surface area contributed by atoms with Crippen LogP contribution in [-0.2, 0) is 9.59 Å². The van der Waals surface area contributed by atoms with Gasteiger partial charge in [0.2, 0.25) is 5.89 Å². The van der Waals surface area contributed by atoms with Gasteiger partial charge < -0.3 is 24.5 Å². The molecule has 0 spiro atoms. The smallest absolute Gasteiger partial charge is 0.265 e. The highest BCUT2D eigenvalue weighted by Crippen LogP contribution is 2.35. The number of carbonyl (C=O) groups is 2. The Labute approximate surface area is 253 Å². The predicted octanol–water partition coefficient (Wildman–Crippen LogP) is 5.37. The maximum Gasteiger partial charge on any atom is 0.265 e. The number of rotatable bonds is 15. The summed E-state index contributed by atoms with van der Waals surface area (Å²) in [5.41, 5.74) is 1.48. The van der Waals surface area contributed by atoms with Crippen molar-refractivity contribution in [3.8, 4) is 28.2 Å². The van der Waals surface area contributed by atoms with E-state index in [1.165, 1.54) is 0 Å². The second-order valence-corrected chi connectivity index (χ2v) is 11.4. The van der Waals surface area contributed by atoms with Gasteiger partial charge in [-0.3, -0.25) is 20.0 Å². The number of amides is 1. The molecule has 1 aliphatic rings. The van der Waals surface area contributed by atoms with Gasteiger partial charge in [-0.2, -0.15) is 0 Å². The van der Waals surface area contributed by atoms with Crippen molar-refractivity contribution in [1.82, 2.24) is 20.2 Å². The van der Waals surface area contributed by atoms with Crippen molar-refractivity contribution >= 4 is 17.4 Å². The standard InChI is InChI=1S/C33H43N5O5/c1-4-25(39)8-6-5-7-9-28(37-31(40)27(34)21-33(41)14-18-38(2)19-15-33)32-36-22-30(43-32)26-11-10-24(20-29(26)42-3)23-12-16-35-17-13-23/h10-13,16-17,20,22,28,34,41H,4-9,14-15,18-19,21H2,1-3H3,(H,37,40)/t28-/m0/s1. The molecular formula is C33H43N5O5. The third-order valence-corrected chi connectivity index (χ3v) is 8.15. The third kappa shape index (κ3) is 8.81. The summed E-state index contributed by atoms with van der Waals surface area (Å²) < 4.78 is 11.9. The van der Waals surface area contributed by atoms with Crippen LogP contribution in [0.5, 0.6) is 5.75 Å². The Morgan fingerprint density at radius 2 is 1.88 bits per heavy atom. The summed E-state index contributed by atoms with van der Waals surface area (Å²) in [7, 11) is 3.60. The van der Waals surface area contributed by atoms with E-state index in [1.807, 2.05) is 44.3 Å². The SMILES string of the molecule is CCC(=O)CCCCC[C@H](NC(=O)C(=N)CC1(O)CCN(C)CC1)c1ncc(-c2ccc(-c3ccncc3)cc2OC)o1. The van der Waals surface area contributed by atoms with Crippen LogP contribution in [0.2, 0.25) is 0 Å². The Bertz CT molecular complexity index is 1380. The number of nitrogens with one attached hydrogen (secondary N) is 2. The molecule has 1 aliphatic heterocycles. The van der Waals surface area contributed by atoms with Gasteiger partial charge in [-0.25, -0.2) is 4.98 Å². The van der Waals surface area contributed by atoms with Crippen LogP contribution in [0, 0.1) is 5.41 Å². The van der Waals surface area contributed by atoms with Gasteiger partial charge in [-0.15, -0.1) is 0 Å². The van der Waals surface area contributed by atoms with Gasteiger partial charge in [-0.05, 0) is 68.1 Å². The van der Waals surface area contributed by atoms with E-state index < -0.39 is 17.6 Å². The summed E-state index contributed by atoms with van der Waals surface area (Å²) in [6, 6.07) is 9.10. The van der Waals surface area contributed by atoms with Crippen LogP contribution in [0.25, 0.3) is 22.5 Å². The molecule has 1 atom stereocenters. The molecular weight excluding hydrogens is 546 g/mol. The first-order valence-electron chi connectivity index (χ1n) is 15.1. The van der Waals surface area contributed by atoms with Gasteiger partial charge in [0.15, 0.2) is 5.76 Å². The number of oxazole rings is 1. The van der Waals surface area contributed by atoms with Crippen LogP contribution in [0.1, 0.15) is 76.6 Å². The molecule has 0 saturated carbocycles. The number of hydrogen-bond donors (Lipinski definition) is 3. The summed E-state index contributed by atoms with van der Waals surface area (Å²) in [4.78, 5) is 35.6. The molecule has 1 fully saturated rings. The molecule has 1 aromatic carbocycles. The summed E-state index contributed by atoms with van der Waals surface area (Å²) in [5.74, 6) is 1.14. The van der Waals surface area contributed by atoms with E-state index in [1.54, 1.807) is 25.7 Å². The van der Waals surface area contributed by atoms with Crippen molar-refractivity contribution in [1.29, 1.82) is 5.41 Å². The van der Waals surface area contributed by atoms with E-state index >= 15 is 0 Å². The number of aromatic nitrogens is 2. The summed E-state index contributed by atoms with van der Waals surface area (Å²) in [5, 5.41) is 22.4. The number of unbranched alkanes of at least 4 members (excludes halogenated alkanes) is 2. The summed E-state index contributed by atoms with van der Waals surface area (Å²) >= 11 is 0. The Kier molecular flexibility index (Phi) is 11.2. The van der Waals surface area contributed by atoms with E-state index in [2.05, 4.69) is 20.2 Å². The Balaban J connectivity index is 1.49. The molecule has 1 saturated heterocycles. The number of hydrogen-bond acceptors (Lipinski definition) is 9. The van der Waals surface area contributed by atoms with Gasteiger partial charge in [-0.1, -0.05) is 25.8 Å². The van der Waals surface area contributed by atoms with Gasteiger partial charge >= 0.3 is 0 Å². The first-order chi connectivity index (χ1) is 20.7. The number of pyridine rings is 1. The van der Waals surface area contributed by atoms with E-state index in [0.29, 0.717) is 49.5 Å². The number of ketones is 1. The highest BCUT2D eigenvalue weighted by atomic mass is 16.5. The number of ether oxygens (including phenoxy) is 1. The second kappa shape index (κ2) is 15.0. The van der Waals surface area contributed by atoms with Crippen LogP contribution in [0.3, 0.4) is 0 Å². The fourth-order valence-electron chi connectivity index (χ4n) is 5.34. The highest BCUT2D eigenvalue weighted by molar-refractivity contribution is 6.37. The number of carbonyl (C=O) groups excluding carboxylic acids is 2. The molecule has 1 amide bonds. The quantitative estimate of drug-likeness (QED) is 0.159. The molecule has 0 unspecified atom stereocenters. The van der Waals surface area contributed by atoms with E-state index in [9.17, 15) is 14.7 Å². The summed E-state index contributed by atoms with van der Waals surface area (Å²) in [6.45, 7) is 3.31. The minimum Gasteiger partial charge on any atom is -0.496 e. The normalized spacial score (nSPS) is 15.5. The van der Waals surface area contributed by atoms with Crippen molar-refractivity contribution in [3.05, 3.63) is 54.8 Å². The zero-order chi connectivity index (χ0) is 30.8. The third-order valence-electron chi connectivity index (χ3n) is 8.15. The molecule has 0 radical (unpaired) electrons.